The van der Waals surface area contributed by atoms with E-state index in [-0.39, 0.29) is 0 Å². The van der Waals surface area contributed by atoms with E-state index in [9.17, 15) is 0 Å². The molecule has 0 saturated carbocycles. The van der Waals surface area contributed by atoms with Gasteiger partial charge in [0.1, 0.15) is 0 Å². The molecule has 138 valence electrons. The number of H-pyrrole nitrogens is 1. The molecule has 0 saturated heterocycles. The summed E-state index contributed by atoms with van der Waals surface area (Å²) in [5.41, 5.74) is 4.40. The Balaban J connectivity index is 0.000000253. The van der Waals surface area contributed by atoms with E-state index in [0.717, 1.165) is 32.8 Å². The van der Waals surface area contributed by atoms with Crippen molar-refractivity contribution < 1.29 is 0 Å². The number of halogens is 1. The predicted molar refractivity (Wildman–Crippen MR) is 118 cm³/mol. The first-order valence-electron chi connectivity index (χ1n) is 8.37. The van der Waals surface area contributed by atoms with E-state index in [2.05, 4.69) is 72.3 Å². The summed E-state index contributed by atoms with van der Waals surface area (Å²) in [6.45, 7) is 0.863. The third-order valence-corrected chi connectivity index (χ3v) is 4.47. The number of hydrogen-bond donors (Lipinski definition) is 4. The molecule has 0 atom stereocenters. The van der Waals surface area contributed by atoms with Crippen molar-refractivity contribution in [2.45, 2.75) is 11.4 Å². The van der Waals surface area contributed by atoms with Crippen LogP contribution in [0.25, 0.3) is 10.9 Å². The zero-order chi connectivity index (χ0) is 19.1. The largest absolute Gasteiger partial charge is 0.361 e. The van der Waals surface area contributed by atoms with Gasteiger partial charge >= 0.3 is 0 Å². The number of benzene rings is 1. The highest BCUT2D eigenvalue weighted by molar-refractivity contribution is 9.10. The Labute approximate surface area is 172 Å². The lowest BCUT2D eigenvalue weighted by molar-refractivity contribution is 0.823. The molecule has 4 rings (SSSR count). The van der Waals surface area contributed by atoms with Gasteiger partial charge in [0.25, 0.3) is 0 Å². The molecule has 0 radical (unpaired) electrons. The lowest BCUT2D eigenvalue weighted by atomic mass is 10.1. The molecule has 4 aromatic rings. The average Bonchev–Trinajstić information content (AvgIpc) is 3.06. The lowest BCUT2D eigenvalue weighted by Gasteiger charge is -2.06. The van der Waals surface area contributed by atoms with Crippen LogP contribution >= 0.6 is 28.6 Å². The Morgan fingerprint density at radius 1 is 1.07 bits per heavy atom. The standard InChI is InChI=1S/C15H15BrN4.C5H5NS/c1-17-6-10-7-19-15-5-12(2-3-14(10)15)20-13-4-11(16)8-18-9-13;7-5-2-1-3-6-4-5/h2-5,7-9,17,19-20H,6H2,1H3;1-4,7H. The van der Waals surface area contributed by atoms with Gasteiger partial charge in [0, 0.05) is 57.3 Å². The van der Waals surface area contributed by atoms with Crippen molar-refractivity contribution >= 4 is 50.8 Å². The quantitative estimate of drug-likeness (QED) is 0.330. The minimum Gasteiger partial charge on any atom is -0.361 e. The topological polar surface area (TPSA) is 65.6 Å². The fraction of sp³-hybridized carbons (Fsp3) is 0.100. The maximum atomic E-state index is 4.15. The molecule has 0 unspecified atom stereocenters. The number of rotatable bonds is 4. The third kappa shape index (κ3) is 5.56. The van der Waals surface area contributed by atoms with E-state index in [1.165, 1.54) is 10.9 Å². The van der Waals surface area contributed by atoms with Crippen LogP contribution in [0.15, 0.2) is 76.8 Å². The van der Waals surface area contributed by atoms with Crippen molar-refractivity contribution in [3.05, 3.63) is 77.4 Å². The molecule has 0 aliphatic rings. The molecule has 0 fully saturated rings. The fourth-order valence-electron chi connectivity index (χ4n) is 2.60. The van der Waals surface area contributed by atoms with Crippen molar-refractivity contribution in [3.8, 4) is 0 Å². The summed E-state index contributed by atoms with van der Waals surface area (Å²) in [6.07, 6.45) is 9.04. The molecule has 3 heterocycles. The Bertz CT molecular complexity index is 1000. The smallest absolute Gasteiger partial charge is 0.0582 e. The van der Waals surface area contributed by atoms with Gasteiger partial charge in [-0.05, 0) is 58.9 Å². The van der Waals surface area contributed by atoms with Crippen LogP contribution in [-0.4, -0.2) is 22.0 Å². The van der Waals surface area contributed by atoms with Crippen LogP contribution < -0.4 is 10.6 Å². The first-order chi connectivity index (χ1) is 13.2. The van der Waals surface area contributed by atoms with Gasteiger partial charge in [0.15, 0.2) is 0 Å². The number of fused-ring (bicyclic) bond motifs is 1. The molecule has 0 amide bonds. The Morgan fingerprint density at radius 3 is 2.63 bits per heavy atom. The number of nitrogens with one attached hydrogen (secondary N) is 3. The Kier molecular flexibility index (Phi) is 6.86. The first-order valence-corrected chi connectivity index (χ1v) is 9.61. The molecule has 5 nitrogen and oxygen atoms in total. The lowest BCUT2D eigenvalue weighted by Crippen LogP contribution is -2.03. The maximum Gasteiger partial charge on any atom is 0.0582 e. The molecule has 0 bridgehead atoms. The normalized spacial score (nSPS) is 10.3. The molecule has 27 heavy (non-hydrogen) atoms. The fourth-order valence-corrected chi connectivity index (χ4v) is 3.12. The van der Waals surface area contributed by atoms with Crippen molar-refractivity contribution in [1.29, 1.82) is 0 Å². The van der Waals surface area contributed by atoms with Gasteiger partial charge in [-0.3, -0.25) is 9.97 Å². The van der Waals surface area contributed by atoms with E-state index in [0.29, 0.717) is 0 Å². The summed E-state index contributed by atoms with van der Waals surface area (Å²) in [6, 6.07) is 12.1. The summed E-state index contributed by atoms with van der Waals surface area (Å²) in [7, 11) is 1.95. The van der Waals surface area contributed by atoms with Gasteiger partial charge in [-0.15, -0.1) is 12.6 Å². The van der Waals surface area contributed by atoms with Gasteiger partial charge in [0.2, 0.25) is 0 Å². The Morgan fingerprint density at radius 2 is 1.96 bits per heavy atom. The van der Waals surface area contributed by atoms with Gasteiger partial charge in [-0.25, -0.2) is 0 Å². The molecule has 3 N–H and O–H groups in total. The number of aromatic nitrogens is 3. The predicted octanol–water partition coefficient (Wildman–Crippen LogP) is 5.16. The second-order valence-corrected chi connectivity index (χ2v) is 7.26. The minimum atomic E-state index is 0.863. The minimum absolute atomic E-state index is 0.863. The molecule has 3 aromatic heterocycles. The number of hydrogen-bond acceptors (Lipinski definition) is 5. The van der Waals surface area contributed by atoms with Crippen LogP contribution in [0.3, 0.4) is 0 Å². The highest BCUT2D eigenvalue weighted by atomic mass is 79.9. The van der Waals surface area contributed by atoms with Gasteiger partial charge in [0.05, 0.1) is 11.9 Å². The monoisotopic (exact) mass is 441 g/mol. The summed E-state index contributed by atoms with van der Waals surface area (Å²) < 4.78 is 0.958. The second-order valence-electron chi connectivity index (χ2n) is 5.83. The van der Waals surface area contributed by atoms with Crippen molar-refractivity contribution in [1.82, 2.24) is 20.3 Å². The number of thiol groups is 1. The van der Waals surface area contributed by atoms with Crippen LogP contribution in [0.1, 0.15) is 5.56 Å². The maximum absolute atomic E-state index is 4.15. The molecular formula is C20H20BrN5S. The van der Waals surface area contributed by atoms with Crippen LogP contribution in [-0.2, 0) is 6.54 Å². The van der Waals surface area contributed by atoms with E-state index >= 15 is 0 Å². The molecular weight excluding hydrogens is 422 g/mol. The van der Waals surface area contributed by atoms with Gasteiger partial charge < -0.3 is 15.6 Å². The molecule has 0 aliphatic heterocycles. The second kappa shape index (κ2) is 9.55. The number of anilines is 2. The zero-order valence-corrected chi connectivity index (χ0v) is 17.3. The summed E-state index contributed by atoms with van der Waals surface area (Å²) in [5.74, 6) is 0. The number of nitrogens with zero attached hydrogens (tertiary/aromatic N) is 2. The average molecular weight is 442 g/mol. The SMILES string of the molecule is CNCc1c[nH]c2cc(Nc3cncc(Br)c3)ccc12.Sc1cccnc1. The molecule has 0 spiro atoms. The van der Waals surface area contributed by atoms with Crippen LogP contribution in [0.4, 0.5) is 11.4 Å². The Hall–Kier alpha value is -2.35. The van der Waals surface area contributed by atoms with E-state index < -0.39 is 0 Å². The number of aromatic amines is 1. The molecule has 1 aromatic carbocycles. The van der Waals surface area contributed by atoms with Crippen molar-refractivity contribution in [2.75, 3.05) is 12.4 Å². The van der Waals surface area contributed by atoms with E-state index in [4.69, 9.17) is 0 Å². The highest BCUT2D eigenvalue weighted by Gasteiger charge is 2.04. The van der Waals surface area contributed by atoms with Crippen LogP contribution in [0, 0.1) is 0 Å². The van der Waals surface area contributed by atoms with Gasteiger partial charge in [-0.1, -0.05) is 6.07 Å². The highest BCUT2D eigenvalue weighted by Crippen LogP contribution is 2.25. The summed E-state index contributed by atoms with van der Waals surface area (Å²) in [4.78, 5) is 12.2. The van der Waals surface area contributed by atoms with Crippen LogP contribution in [0.5, 0.6) is 0 Å². The number of pyridine rings is 2. The van der Waals surface area contributed by atoms with Gasteiger partial charge in [-0.2, -0.15) is 0 Å². The third-order valence-electron chi connectivity index (χ3n) is 3.77. The van der Waals surface area contributed by atoms with Crippen LogP contribution in [0.2, 0.25) is 0 Å². The first kappa shape index (κ1) is 19.4. The van der Waals surface area contributed by atoms with E-state index in [1.807, 2.05) is 31.4 Å². The van der Waals surface area contributed by atoms with E-state index in [1.54, 1.807) is 24.8 Å². The zero-order valence-electron chi connectivity index (χ0n) is 14.8. The molecule has 7 heteroatoms. The molecule has 0 aliphatic carbocycles. The summed E-state index contributed by atoms with van der Waals surface area (Å²) >= 11 is 7.44. The van der Waals surface area contributed by atoms with Crippen molar-refractivity contribution in [2.24, 2.45) is 0 Å². The summed E-state index contributed by atoms with van der Waals surface area (Å²) in [5, 5.41) is 7.77. The van der Waals surface area contributed by atoms with Crippen molar-refractivity contribution in [3.63, 3.8) is 0 Å².